The molecule has 0 aliphatic heterocycles. The predicted octanol–water partition coefficient (Wildman–Crippen LogP) is 5.33. The summed E-state index contributed by atoms with van der Waals surface area (Å²) in [5.41, 5.74) is 2.83. The van der Waals surface area contributed by atoms with Gasteiger partial charge in [-0.15, -0.1) is 0 Å². The monoisotopic (exact) mass is 446 g/mol. The first-order valence-corrected chi connectivity index (χ1v) is 12.8. The lowest BCUT2D eigenvalue weighted by Gasteiger charge is -2.46. The van der Waals surface area contributed by atoms with Crippen LogP contribution in [0.3, 0.4) is 0 Å². The molecule has 0 unspecified atom stereocenters. The van der Waals surface area contributed by atoms with Gasteiger partial charge in [0, 0.05) is 18.4 Å². The zero-order valence-corrected chi connectivity index (χ0v) is 20.8. The molecule has 3 saturated carbocycles. The summed E-state index contributed by atoms with van der Waals surface area (Å²) in [4.78, 5) is 0. The van der Waals surface area contributed by atoms with E-state index in [9.17, 15) is 15.3 Å². The van der Waals surface area contributed by atoms with Crippen molar-refractivity contribution in [3.8, 4) is 0 Å². The molecule has 3 N–H and O–H groups in total. The Labute approximate surface area is 195 Å². The van der Waals surface area contributed by atoms with Crippen LogP contribution in [0.15, 0.2) is 35.5 Å². The molecule has 0 aromatic carbocycles. The Kier molecular flexibility index (Phi) is 8.46. The third kappa shape index (κ3) is 5.94. The van der Waals surface area contributed by atoms with E-state index in [0.29, 0.717) is 37.2 Å². The SMILES string of the molecule is C=C1C(=CC=C2CCC[C@]3(COCCCC(C)(C)O)[C@@H](C(C)C)CC[C@@H]23)C[C@@H](O)C[C@@H]1O. The molecule has 3 fully saturated rings. The van der Waals surface area contributed by atoms with Crippen molar-refractivity contribution in [2.24, 2.45) is 23.2 Å². The van der Waals surface area contributed by atoms with E-state index in [4.69, 9.17) is 4.74 Å². The van der Waals surface area contributed by atoms with Crippen LogP contribution in [0.2, 0.25) is 0 Å². The quantitative estimate of drug-likeness (QED) is 0.441. The van der Waals surface area contributed by atoms with Gasteiger partial charge in [0.1, 0.15) is 0 Å². The molecule has 0 aromatic rings. The topological polar surface area (TPSA) is 69.9 Å². The third-order valence-electron chi connectivity index (χ3n) is 8.27. The summed E-state index contributed by atoms with van der Waals surface area (Å²) < 4.78 is 6.31. The van der Waals surface area contributed by atoms with Crippen molar-refractivity contribution in [1.82, 2.24) is 0 Å². The molecular formula is C28H46O4. The van der Waals surface area contributed by atoms with Gasteiger partial charge >= 0.3 is 0 Å². The number of rotatable bonds is 8. The fourth-order valence-electron chi connectivity index (χ4n) is 6.70. The maximum absolute atomic E-state index is 10.2. The standard InChI is InChI=1S/C28H46O4/c1-19(2)24-11-12-25-21(9-10-22-16-23(29)17-26(30)20(22)3)8-6-14-28(24,25)18-32-15-7-13-27(4,5)31/h9-10,19,23-26,29-31H,3,6-8,11-18H2,1-2,4-5H3/t23-,24-,25+,26+,28+/m1/s1. The summed E-state index contributed by atoms with van der Waals surface area (Å²) in [6.07, 6.45) is 11.9. The van der Waals surface area contributed by atoms with Crippen molar-refractivity contribution >= 4 is 0 Å². The summed E-state index contributed by atoms with van der Waals surface area (Å²) in [6, 6.07) is 0. The van der Waals surface area contributed by atoms with E-state index < -0.39 is 17.8 Å². The van der Waals surface area contributed by atoms with Crippen LogP contribution in [-0.4, -0.2) is 46.3 Å². The Hall–Kier alpha value is -0.940. The molecule has 0 amide bonds. The lowest BCUT2D eigenvalue weighted by atomic mass is 9.60. The van der Waals surface area contributed by atoms with Gasteiger partial charge in [-0.1, -0.05) is 38.2 Å². The Balaban J connectivity index is 1.76. The minimum absolute atomic E-state index is 0.202. The highest BCUT2D eigenvalue weighted by Gasteiger charge is 2.53. The van der Waals surface area contributed by atoms with Crippen LogP contribution in [0.5, 0.6) is 0 Å². The number of allylic oxidation sites excluding steroid dienone is 3. The molecule has 3 aliphatic carbocycles. The minimum atomic E-state index is -0.636. The Morgan fingerprint density at radius 3 is 2.66 bits per heavy atom. The maximum Gasteiger partial charge on any atom is 0.0811 e. The van der Waals surface area contributed by atoms with E-state index >= 15 is 0 Å². The second-order valence-electron chi connectivity index (χ2n) is 11.6. The van der Waals surface area contributed by atoms with Gasteiger partial charge in [0.05, 0.1) is 24.4 Å². The molecule has 182 valence electrons. The molecule has 3 rings (SSSR count). The summed E-state index contributed by atoms with van der Waals surface area (Å²) >= 11 is 0. The summed E-state index contributed by atoms with van der Waals surface area (Å²) in [5.74, 6) is 1.86. The van der Waals surface area contributed by atoms with Gasteiger partial charge in [-0.25, -0.2) is 0 Å². The van der Waals surface area contributed by atoms with Gasteiger partial charge in [0.2, 0.25) is 0 Å². The molecule has 32 heavy (non-hydrogen) atoms. The summed E-state index contributed by atoms with van der Waals surface area (Å²) in [6.45, 7) is 14.0. The number of fused-ring (bicyclic) bond motifs is 1. The fraction of sp³-hybridized carbons (Fsp3) is 0.786. The van der Waals surface area contributed by atoms with E-state index in [0.717, 1.165) is 37.0 Å². The maximum atomic E-state index is 10.2. The van der Waals surface area contributed by atoms with Crippen molar-refractivity contribution in [2.75, 3.05) is 13.2 Å². The van der Waals surface area contributed by atoms with Crippen molar-refractivity contribution in [3.05, 3.63) is 35.5 Å². The van der Waals surface area contributed by atoms with Crippen molar-refractivity contribution in [3.63, 3.8) is 0 Å². The predicted molar refractivity (Wildman–Crippen MR) is 130 cm³/mol. The molecule has 0 saturated heterocycles. The van der Waals surface area contributed by atoms with Crippen molar-refractivity contribution in [2.45, 2.75) is 103 Å². The lowest BCUT2D eigenvalue weighted by Crippen LogP contribution is -2.42. The Morgan fingerprint density at radius 2 is 1.97 bits per heavy atom. The van der Waals surface area contributed by atoms with Crippen LogP contribution in [0.1, 0.15) is 85.5 Å². The molecule has 0 heterocycles. The van der Waals surface area contributed by atoms with Gasteiger partial charge in [-0.2, -0.15) is 0 Å². The number of aliphatic hydroxyl groups is 3. The molecular weight excluding hydrogens is 400 g/mol. The zero-order valence-electron chi connectivity index (χ0n) is 20.8. The van der Waals surface area contributed by atoms with Gasteiger partial charge in [0.15, 0.2) is 0 Å². The van der Waals surface area contributed by atoms with E-state index in [1.54, 1.807) is 0 Å². The molecule has 0 bridgehead atoms. The second-order valence-corrected chi connectivity index (χ2v) is 11.6. The normalized spacial score (nSPS) is 36.3. The molecule has 4 nitrogen and oxygen atoms in total. The van der Waals surface area contributed by atoms with Crippen molar-refractivity contribution in [1.29, 1.82) is 0 Å². The molecule has 5 atom stereocenters. The Bertz CT molecular complexity index is 713. The van der Waals surface area contributed by atoms with Crippen LogP contribution in [-0.2, 0) is 4.74 Å². The molecule has 0 aromatic heterocycles. The third-order valence-corrected chi connectivity index (χ3v) is 8.27. The average molecular weight is 447 g/mol. The largest absolute Gasteiger partial charge is 0.393 e. The van der Waals surface area contributed by atoms with Crippen molar-refractivity contribution < 1.29 is 20.1 Å². The average Bonchev–Trinajstić information content (AvgIpc) is 3.08. The summed E-state index contributed by atoms with van der Waals surface area (Å²) in [7, 11) is 0. The van der Waals surface area contributed by atoms with E-state index in [2.05, 4.69) is 32.6 Å². The summed E-state index contributed by atoms with van der Waals surface area (Å²) in [5, 5.41) is 30.2. The molecule has 4 heteroatoms. The molecule has 0 spiro atoms. The van der Waals surface area contributed by atoms with Gasteiger partial charge in [0.25, 0.3) is 0 Å². The van der Waals surface area contributed by atoms with Crippen LogP contribution in [0.25, 0.3) is 0 Å². The second kappa shape index (κ2) is 10.5. The Morgan fingerprint density at radius 1 is 1.22 bits per heavy atom. The van der Waals surface area contributed by atoms with E-state index in [1.807, 2.05) is 13.8 Å². The van der Waals surface area contributed by atoms with Crippen LogP contribution < -0.4 is 0 Å². The van der Waals surface area contributed by atoms with Gasteiger partial charge in [-0.05, 0) is 94.1 Å². The molecule has 0 radical (unpaired) electrons. The van der Waals surface area contributed by atoms with Gasteiger partial charge < -0.3 is 20.1 Å². The lowest BCUT2D eigenvalue weighted by molar-refractivity contribution is -0.0329. The minimum Gasteiger partial charge on any atom is -0.393 e. The number of aliphatic hydroxyl groups excluding tert-OH is 2. The number of hydrogen-bond donors (Lipinski definition) is 3. The zero-order chi connectivity index (χ0) is 23.5. The van der Waals surface area contributed by atoms with Crippen LogP contribution in [0.4, 0.5) is 0 Å². The molecule has 3 aliphatic rings. The first-order valence-electron chi connectivity index (χ1n) is 12.8. The van der Waals surface area contributed by atoms with E-state index in [1.165, 1.54) is 31.3 Å². The number of ether oxygens (including phenoxy) is 1. The van der Waals surface area contributed by atoms with Crippen LogP contribution >= 0.6 is 0 Å². The van der Waals surface area contributed by atoms with Gasteiger partial charge in [-0.3, -0.25) is 0 Å². The highest BCUT2D eigenvalue weighted by atomic mass is 16.5. The smallest absolute Gasteiger partial charge is 0.0811 e. The highest BCUT2D eigenvalue weighted by molar-refractivity contribution is 5.38. The first-order chi connectivity index (χ1) is 15.0. The first kappa shape index (κ1) is 25.7. The van der Waals surface area contributed by atoms with E-state index in [-0.39, 0.29) is 5.41 Å². The fourth-order valence-corrected chi connectivity index (χ4v) is 6.70. The van der Waals surface area contributed by atoms with Crippen LogP contribution in [0, 0.1) is 23.2 Å². The highest BCUT2D eigenvalue weighted by Crippen LogP contribution is 2.59. The number of hydrogen-bond acceptors (Lipinski definition) is 4.